The summed E-state index contributed by atoms with van der Waals surface area (Å²) in [5, 5.41) is 9.37. The van der Waals surface area contributed by atoms with E-state index in [0.717, 1.165) is 6.07 Å². The Morgan fingerprint density at radius 1 is 1.22 bits per heavy atom. The van der Waals surface area contributed by atoms with Gasteiger partial charge >= 0.3 is 0 Å². The second-order valence-corrected chi connectivity index (χ2v) is 3.97. The molecular weight excluding hydrogens is 255 g/mol. The number of nitrogens with two attached hydrogens (primary N) is 1. The smallest absolute Gasteiger partial charge is 0.149 e. The van der Waals surface area contributed by atoms with Gasteiger partial charge in [0.25, 0.3) is 0 Å². The highest BCUT2D eigenvalue weighted by atomic mass is 35.5. The Morgan fingerprint density at radius 3 is 2.67 bits per heavy atom. The Hall–Kier alpha value is -2.25. The summed E-state index contributed by atoms with van der Waals surface area (Å²) in [5.74, 6) is 0.00608. The highest BCUT2D eigenvalue weighted by molar-refractivity contribution is 6.30. The predicted molar refractivity (Wildman–Crippen MR) is 67.1 cm³/mol. The average molecular weight is 263 g/mol. The van der Waals surface area contributed by atoms with E-state index < -0.39 is 5.82 Å². The van der Waals surface area contributed by atoms with Crippen LogP contribution in [0.1, 0.15) is 5.56 Å². The number of hydrogen-bond donors (Lipinski definition) is 1. The molecule has 0 amide bonds. The minimum atomic E-state index is -0.569. The maximum absolute atomic E-state index is 13.2. The van der Waals surface area contributed by atoms with E-state index in [4.69, 9.17) is 27.3 Å². The topological polar surface area (TPSA) is 59.0 Å². The number of nitrogens with zero attached hydrogens (tertiary/aromatic N) is 1. The first kappa shape index (κ1) is 12.2. The SMILES string of the molecule is N#Cc1cc(Cl)ccc1Oc1ccc(N)c(F)c1. The molecule has 90 valence electrons. The maximum atomic E-state index is 13.2. The van der Waals surface area contributed by atoms with Crippen molar-refractivity contribution in [1.82, 2.24) is 0 Å². The summed E-state index contributed by atoms with van der Waals surface area (Å²) < 4.78 is 18.7. The zero-order valence-electron chi connectivity index (χ0n) is 9.15. The largest absolute Gasteiger partial charge is 0.456 e. The van der Waals surface area contributed by atoms with E-state index in [1.165, 1.54) is 18.2 Å². The quantitative estimate of drug-likeness (QED) is 0.839. The van der Waals surface area contributed by atoms with Crippen LogP contribution in [0, 0.1) is 17.1 Å². The van der Waals surface area contributed by atoms with Crippen molar-refractivity contribution in [3.63, 3.8) is 0 Å². The Bertz CT molecular complexity index is 637. The van der Waals surface area contributed by atoms with Gasteiger partial charge in [0, 0.05) is 11.1 Å². The first-order valence-corrected chi connectivity index (χ1v) is 5.40. The summed E-state index contributed by atoms with van der Waals surface area (Å²) in [5.41, 5.74) is 5.68. The molecule has 2 aromatic carbocycles. The van der Waals surface area contributed by atoms with Crippen molar-refractivity contribution in [2.75, 3.05) is 5.73 Å². The van der Waals surface area contributed by atoms with Crippen LogP contribution in [0.3, 0.4) is 0 Å². The molecule has 0 unspecified atom stereocenters. The van der Waals surface area contributed by atoms with Gasteiger partial charge in [0.1, 0.15) is 23.4 Å². The van der Waals surface area contributed by atoms with Crippen LogP contribution in [-0.4, -0.2) is 0 Å². The number of halogens is 2. The van der Waals surface area contributed by atoms with E-state index in [-0.39, 0.29) is 17.0 Å². The second kappa shape index (κ2) is 4.94. The summed E-state index contributed by atoms with van der Waals surface area (Å²) in [6.07, 6.45) is 0. The Morgan fingerprint density at radius 2 is 2.00 bits per heavy atom. The monoisotopic (exact) mass is 262 g/mol. The summed E-state index contributed by atoms with van der Waals surface area (Å²) in [6, 6.07) is 10.6. The van der Waals surface area contributed by atoms with Gasteiger partial charge in [0.15, 0.2) is 0 Å². The van der Waals surface area contributed by atoms with Crippen LogP contribution >= 0.6 is 11.6 Å². The third-order valence-corrected chi connectivity index (χ3v) is 2.50. The van der Waals surface area contributed by atoms with Gasteiger partial charge in [-0.25, -0.2) is 4.39 Å². The van der Waals surface area contributed by atoms with Gasteiger partial charge in [-0.3, -0.25) is 0 Å². The second-order valence-electron chi connectivity index (χ2n) is 3.54. The third kappa shape index (κ3) is 2.53. The molecule has 0 bridgehead atoms. The number of ether oxygens (including phenoxy) is 1. The average Bonchev–Trinajstić information content (AvgIpc) is 2.36. The summed E-state index contributed by atoms with van der Waals surface area (Å²) >= 11 is 5.76. The molecule has 0 saturated heterocycles. The van der Waals surface area contributed by atoms with E-state index in [9.17, 15) is 4.39 Å². The molecule has 0 aromatic heterocycles. The fraction of sp³-hybridized carbons (Fsp3) is 0. The Balaban J connectivity index is 2.34. The van der Waals surface area contributed by atoms with Crippen LogP contribution in [0.15, 0.2) is 36.4 Å². The molecule has 0 atom stereocenters. The van der Waals surface area contributed by atoms with Crippen LogP contribution in [0.5, 0.6) is 11.5 Å². The number of benzene rings is 2. The van der Waals surface area contributed by atoms with Crippen molar-refractivity contribution in [2.24, 2.45) is 0 Å². The fourth-order valence-electron chi connectivity index (χ4n) is 1.38. The van der Waals surface area contributed by atoms with Gasteiger partial charge in [0.2, 0.25) is 0 Å². The number of anilines is 1. The molecule has 0 aliphatic carbocycles. The zero-order valence-corrected chi connectivity index (χ0v) is 9.91. The van der Waals surface area contributed by atoms with Gasteiger partial charge in [-0.1, -0.05) is 11.6 Å². The third-order valence-electron chi connectivity index (χ3n) is 2.26. The molecule has 18 heavy (non-hydrogen) atoms. The molecule has 0 radical (unpaired) electrons. The highest BCUT2D eigenvalue weighted by Crippen LogP contribution is 2.28. The molecule has 0 fully saturated rings. The van der Waals surface area contributed by atoms with Crippen LogP contribution < -0.4 is 10.5 Å². The zero-order chi connectivity index (χ0) is 13.1. The van der Waals surface area contributed by atoms with E-state index >= 15 is 0 Å². The van der Waals surface area contributed by atoms with E-state index in [0.29, 0.717) is 10.8 Å². The summed E-state index contributed by atoms with van der Waals surface area (Å²) in [4.78, 5) is 0. The molecule has 5 heteroatoms. The van der Waals surface area contributed by atoms with Crippen molar-refractivity contribution in [3.05, 3.63) is 52.8 Å². The normalized spacial score (nSPS) is 9.83. The Labute approximate surface area is 108 Å². The van der Waals surface area contributed by atoms with E-state index in [1.807, 2.05) is 6.07 Å². The first-order chi connectivity index (χ1) is 8.60. The van der Waals surface area contributed by atoms with Gasteiger partial charge in [-0.05, 0) is 30.3 Å². The molecule has 0 heterocycles. The lowest BCUT2D eigenvalue weighted by Crippen LogP contribution is -1.92. The van der Waals surface area contributed by atoms with Crippen molar-refractivity contribution < 1.29 is 9.13 Å². The van der Waals surface area contributed by atoms with Crippen molar-refractivity contribution in [1.29, 1.82) is 5.26 Å². The van der Waals surface area contributed by atoms with Gasteiger partial charge in [-0.15, -0.1) is 0 Å². The summed E-state index contributed by atoms with van der Waals surface area (Å²) in [6.45, 7) is 0. The van der Waals surface area contributed by atoms with Crippen LogP contribution in [0.2, 0.25) is 5.02 Å². The number of rotatable bonds is 2. The van der Waals surface area contributed by atoms with Crippen LogP contribution in [0.4, 0.5) is 10.1 Å². The minimum absolute atomic E-state index is 0.0407. The molecule has 0 saturated carbocycles. The maximum Gasteiger partial charge on any atom is 0.149 e. The van der Waals surface area contributed by atoms with Crippen LogP contribution in [0.25, 0.3) is 0 Å². The van der Waals surface area contributed by atoms with Crippen molar-refractivity contribution in [3.8, 4) is 17.6 Å². The standard InChI is InChI=1S/C13H8ClFN2O/c14-9-1-4-13(8(5-9)7-16)18-10-2-3-12(17)11(15)6-10/h1-6H,17H2. The molecule has 0 spiro atoms. The van der Waals surface area contributed by atoms with Gasteiger partial charge in [-0.2, -0.15) is 5.26 Å². The number of nitriles is 1. The van der Waals surface area contributed by atoms with Crippen LogP contribution in [-0.2, 0) is 0 Å². The van der Waals surface area contributed by atoms with Gasteiger partial charge in [0.05, 0.1) is 11.3 Å². The minimum Gasteiger partial charge on any atom is -0.456 e. The molecule has 0 aliphatic rings. The lowest BCUT2D eigenvalue weighted by atomic mass is 10.2. The van der Waals surface area contributed by atoms with Crippen molar-refractivity contribution in [2.45, 2.75) is 0 Å². The predicted octanol–water partition coefficient (Wildman–Crippen LogP) is 3.73. The number of nitrogen functional groups attached to an aromatic ring is 1. The van der Waals surface area contributed by atoms with Crippen molar-refractivity contribution >= 4 is 17.3 Å². The lowest BCUT2D eigenvalue weighted by molar-refractivity contribution is 0.475. The molecule has 3 nitrogen and oxygen atoms in total. The molecular formula is C13H8ClFN2O. The van der Waals surface area contributed by atoms with E-state index in [2.05, 4.69) is 0 Å². The number of hydrogen-bond acceptors (Lipinski definition) is 3. The summed E-state index contributed by atoms with van der Waals surface area (Å²) in [7, 11) is 0. The Kier molecular flexibility index (Phi) is 3.35. The molecule has 2 rings (SSSR count). The highest BCUT2D eigenvalue weighted by Gasteiger charge is 2.07. The van der Waals surface area contributed by atoms with E-state index in [1.54, 1.807) is 12.1 Å². The van der Waals surface area contributed by atoms with Gasteiger partial charge < -0.3 is 10.5 Å². The first-order valence-electron chi connectivity index (χ1n) is 5.02. The molecule has 2 N–H and O–H groups in total. The molecule has 0 aliphatic heterocycles. The fourth-order valence-corrected chi connectivity index (χ4v) is 1.55. The molecule has 2 aromatic rings. The lowest BCUT2D eigenvalue weighted by Gasteiger charge is -2.08.